The van der Waals surface area contributed by atoms with Crippen molar-refractivity contribution < 1.29 is 4.52 Å². The van der Waals surface area contributed by atoms with Gasteiger partial charge in [0.2, 0.25) is 11.7 Å². The highest BCUT2D eigenvalue weighted by Gasteiger charge is 2.27. The number of pyridine rings is 1. The lowest BCUT2D eigenvalue weighted by molar-refractivity contribution is 0.284. The molecule has 0 saturated heterocycles. The summed E-state index contributed by atoms with van der Waals surface area (Å²) in [4.78, 5) is 8.47. The number of aromatic nitrogens is 3. The molecule has 0 fully saturated rings. The summed E-state index contributed by atoms with van der Waals surface area (Å²) >= 11 is 0. The van der Waals surface area contributed by atoms with E-state index in [1.807, 2.05) is 25.1 Å². The number of nitrogens with two attached hydrogens (primary N) is 1. The van der Waals surface area contributed by atoms with Crippen LogP contribution >= 0.6 is 0 Å². The molecule has 1 atom stereocenters. The van der Waals surface area contributed by atoms with Crippen molar-refractivity contribution in [1.82, 2.24) is 15.1 Å². The standard InChI is InChI=1S/C12H16N4O/c1-3-7-12(2,13)11-15-10(16-17-11)9-6-4-5-8-14-9/h4-6,8H,3,7,13H2,1-2H3. The first-order valence-corrected chi connectivity index (χ1v) is 5.68. The van der Waals surface area contributed by atoms with Gasteiger partial charge in [-0.05, 0) is 25.5 Å². The Morgan fingerprint density at radius 1 is 1.41 bits per heavy atom. The number of hydrogen-bond donors (Lipinski definition) is 1. The first kappa shape index (κ1) is 11.7. The molecule has 2 aromatic rings. The molecule has 0 aliphatic carbocycles. The van der Waals surface area contributed by atoms with Crippen LogP contribution in [0.5, 0.6) is 0 Å². The summed E-state index contributed by atoms with van der Waals surface area (Å²) in [5.41, 5.74) is 6.24. The predicted octanol–water partition coefficient (Wildman–Crippen LogP) is 2.11. The van der Waals surface area contributed by atoms with Gasteiger partial charge in [-0.15, -0.1) is 0 Å². The van der Waals surface area contributed by atoms with Gasteiger partial charge in [-0.25, -0.2) is 0 Å². The maximum Gasteiger partial charge on any atom is 0.246 e. The third-order valence-corrected chi connectivity index (χ3v) is 2.58. The largest absolute Gasteiger partial charge is 0.337 e. The third kappa shape index (κ3) is 2.50. The fourth-order valence-corrected chi connectivity index (χ4v) is 1.68. The Balaban J connectivity index is 2.28. The van der Waals surface area contributed by atoms with E-state index in [0.717, 1.165) is 12.8 Å². The second-order valence-electron chi connectivity index (χ2n) is 4.31. The molecule has 0 aliphatic heterocycles. The van der Waals surface area contributed by atoms with E-state index in [-0.39, 0.29) is 0 Å². The molecule has 0 radical (unpaired) electrons. The second kappa shape index (κ2) is 4.63. The Hall–Kier alpha value is -1.75. The molecule has 2 N–H and O–H groups in total. The number of hydrogen-bond acceptors (Lipinski definition) is 5. The summed E-state index contributed by atoms with van der Waals surface area (Å²) < 4.78 is 5.21. The minimum atomic E-state index is -0.575. The van der Waals surface area contributed by atoms with E-state index in [4.69, 9.17) is 10.3 Å². The van der Waals surface area contributed by atoms with Gasteiger partial charge >= 0.3 is 0 Å². The van der Waals surface area contributed by atoms with Gasteiger partial charge in [-0.2, -0.15) is 4.98 Å². The molecule has 0 aromatic carbocycles. The van der Waals surface area contributed by atoms with Crippen LogP contribution in [0.3, 0.4) is 0 Å². The topological polar surface area (TPSA) is 77.8 Å². The lowest BCUT2D eigenvalue weighted by Gasteiger charge is -2.18. The van der Waals surface area contributed by atoms with Gasteiger partial charge in [-0.1, -0.05) is 24.6 Å². The van der Waals surface area contributed by atoms with Crippen molar-refractivity contribution in [3.8, 4) is 11.5 Å². The van der Waals surface area contributed by atoms with Crippen LogP contribution in [-0.4, -0.2) is 15.1 Å². The minimum Gasteiger partial charge on any atom is -0.337 e. The molecule has 2 aromatic heterocycles. The van der Waals surface area contributed by atoms with Crippen LogP contribution in [0.4, 0.5) is 0 Å². The molecule has 2 heterocycles. The molecule has 5 heteroatoms. The molecular formula is C12H16N4O. The van der Waals surface area contributed by atoms with Crippen molar-refractivity contribution in [3.05, 3.63) is 30.3 Å². The highest BCUT2D eigenvalue weighted by Crippen LogP contribution is 2.23. The zero-order chi connectivity index (χ0) is 12.3. The van der Waals surface area contributed by atoms with E-state index < -0.39 is 5.54 Å². The van der Waals surface area contributed by atoms with Crippen molar-refractivity contribution in [2.75, 3.05) is 0 Å². The van der Waals surface area contributed by atoms with Gasteiger partial charge in [0.25, 0.3) is 0 Å². The van der Waals surface area contributed by atoms with Crippen molar-refractivity contribution in [1.29, 1.82) is 0 Å². The SMILES string of the molecule is CCCC(C)(N)c1nc(-c2ccccn2)no1. The van der Waals surface area contributed by atoms with E-state index in [2.05, 4.69) is 22.0 Å². The Bertz CT molecular complexity index is 478. The number of nitrogens with zero attached hydrogens (tertiary/aromatic N) is 3. The molecule has 90 valence electrons. The highest BCUT2D eigenvalue weighted by atomic mass is 16.5. The van der Waals surface area contributed by atoms with Crippen LogP contribution < -0.4 is 5.73 Å². The maximum absolute atomic E-state index is 6.12. The number of rotatable bonds is 4. The molecule has 17 heavy (non-hydrogen) atoms. The van der Waals surface area contributed by atoms with E-state index >= 15 is 0 Å². The van der Waals surface area contributed by atoms with Crippen molar-refractivity contribution >= 4 is 0 Å². The quantitative estimate of drug-likeness (QED) is 0.873. The molecule has 2 rings (SSSR count). The Labute approximate surface area is 100 Å². The molecule has 0 saturated carbocycles. The minimum absolute atomic E-state index is 0.458. The zero-order valence-corrected chi connectivity index (χ0v) is 10.1. The highest BCUT2D eigenvalue weighted by molar-refractivity contribution is 5.47. The van der Waals surface area contributed by atoms with Gasteiger partial charge in [0.15, 0.2) is 0 Å². The first-order chi connectivity index (χ1) is 8.13. The van der Waals surface area contributed by atoms with Gasteiger partial charge in [0, 0.05) is 6.20 Å². The summed E-state index contributed by atoms with van der Waals surface area (Å²) in [7, 11) is 0. The lowest BCUT2D eigenvalue weighted by Crippen LogP contribution is -2.33. The van der Waals surface area contributed by atoms with Crippen LogP contribution in [0.2, 0.25) is 0 Å². The Kier molecular flexibility index (Phi) is 3.19. The van der Waals surface area contributed by atoms with Gasteiger partial charge in [0.1, 0.15) is 5.69 Å². The van der Waals surface area contributed by atoms with Gasteiger partial charge in [-0.3, -0.25) is 4.98 Å². The van der Waals surface area contributed by atoms with Crippen molar-refractivity contribution in [2.45, 2.75) is 32.2 Å². The van der Waals surface area contributed by atoms with Crippen molar-refractivity contribution in [3.63, 3.8) is 0 Å². The average Bonchev–Trinajstić information content (AvgIpc) is 2.80. The second-order valence-corrected chi connectivity index (χ2v) is 4.31. The fourth-order valence-electron chi connectivity index (χ4n) is 1.68. The fraction of sp³-hybridized carbons (Fsp3) is 0.417. The van der Waals surface area contributed by atoms with Gasteiger partial charge in [0.05, 0.1) is 5.54 Å². The normalized spacial score (nSPS) is 14.5. The summed E-state index contributed by atoms with van der Waals surface area (Å²) in [5.74, 6) is 0.938. The monoisotopic (exact) mass is 232 g/mol. The van der Waals surface area contributed by atoms with E-state index in [9.17, 15) is 0 Å². The van der Waals surface area contributed by atoms with Crippen LogP contribution in [0.15, 0.2) is 28.9 Å². The molecule has 1 unspecified atom stereocenters. The first-order valence-electron chi connectivity index (χ1n) is 5.68. The van der Waals surface area contributed by atoms with Crippen molar-refractivity contribution in [2.24, 2.45) is 5.73 Å². The summed E-state index contributed by atoms with van der Waals surface area (Å²) in [5, 5.41) is 3.91. The predicted molar refractivity (Wildman–Crippen MR) is 64.0 cm³/mol. The molecule has 0 spiro atoms. The molecular weight excluding hydrogens is 216 g/mol. The lowest BCUT2D eigenvalue weighted by atomic mass is 9.98. The van der Waals surface area contributed by atoms with E-state index in [0.29, 0.717) is 17.4 Å². The zero-order valence-electron chi connectivity index (χ0n) is 10.1. The molecule has 5 nitrogen and oxygen atoms in total. The summed E-state index contributed by atoms with van der Waals surface area (Å²) in [6.45, 7) is 3.97. The molecule has 0 bridgehead atoms. The van der Waals surface area contributed by atoms with Gasteiger partial charge < -0.3 is 10.3 Å². The van der Waals surface area contributed by atoms with E-state index in [1.165, 1.54) is 0 Å². The third-order valence-electron chi connectivity index (χ3n) is 2.58. The summed E-state index contributed by atoms with van der Waals surface area (Å²) in [6, 6.07) is 5.56. The average molecular weight is 232 g/mol. The molecule has 0 aliphatic rings. The van der Waals surface area contributed by atoms with E-state index in [1.54, 1.807) is 6.20 Å². The maximum atomic E-state index is 6.12. The van der Waals surface area contributed by atoms with Crippen LogP contribution in [-0.2, 0) is 5.54 Å². The smallest absolute Gasteiger partial charge is 0.246 e. The summed E-state index contributed by atoms with van der Waals surface area (Å²) in [6.07, 6.45) is 3.46. The Morgan fingerprint density at radius 3 is 2.88 bits per heavy atom. The molecule has 0 amide bonds. The van der Waals surface area contributed by atoms with Crippen LogP contribution in [0.25, 0.3) is 11.5 Å². The van der Waals surface area contributed by atoms with Crippen LogP contribution in [0.1, 0.15) is 32.6 Å². The van der Waals surface area contributed by atoms with Crippen LogP contribution in [0, 0.1) is 0 Å². The Morgan fingerprint density at radius 2 is 2.24 bits per heavy atom.